The van der Waals surface area contributed by atoms with Gasteiger partial charge >= 0.3 is 0 Å². The molecule has 0 saturated carbocycles. The summed E-state index contributed by atoms with van der Waals surface area (Å²) in [6, 6.07) is 14.1. The van der Waals surface area contributed by atoms with Gasteiger partial charge in [-0.15, -0.1) is 11.3 Å². The first kappa shape index (κ1) is 19.6. The highest BCUT2D eigenvalue weighted by Crippen LogP contribution is 2.33. The molecule has 0 bridgehead atoms. The summed E-state index contributed by atoms with van der Waals surface area (Å²) in [4.78, 5) is 20.6. The number of hydrogen-bond acceptors (Lipinski definition) is 5. The molecular weight excluding hydrogens is 410 g/mol. The van der Waals surface area contributed by atoms with Crippen molar-refractivity contribution < 1.29 is 14.3 Å². The molecule has 2 aromatic heterocycles. The summed E-state index contributed by atoms with van der Waals surface area (Å²) in [6.45, 7) is 1.45. The molecule has 7 heteroatoms. The third-order valence-electron chi connectivity index (χ3n) is 5.78. The number of methoxy groups -OCH3 is 2. The average molecular weight is 434 g/mol. The number of aromatic nitrogens is 2. The van der Waals surface area contributed by atoms with Crippen molar-refractivity contribution in [3.8, 4) is 22.8 Å². The highest BCUT2D eigenvalue weighted by Gasteiger charge is 2.22. The lowest BCUT2D eigenvalue weighted by atomic mass is 10.00. The first-order chi connectivity index (χ1) is 15.2. The second-order valence-electron chi connectivity index (χ2n) is 7.59. The van der Waals surface area contributed by atoms with Crippen LogP contribution in [0.2, 0.25) is 0 Å². The van der Waals surface area contributed by atoms with E-state index in [1.165, 1.54) is 11.1 Å². The van der Waals surface area contributed by atoms with E-state index in [4.69, 9.17) is 14.5 Å². The van der Waals surface area contributed by atoms with Crippen LogP contribution in [0.1, 0.15) is 16.8 Å². The predicted molar refractivity (Wildman–Crippen MR) is 121 cm³/mol. The molecule has 1 aliphatic heterocycles. The Morgan fingerprint density at radius 2 is 1.90 bits per heavy atom. The van der Waals surface area contributed by atoms with E-state index in [9.17, 15) is 4.79 Å². The van der Waals surface area contributed by atoms with Crippen molar-refractivity contribution in [3.05, 3.63) is 70.9 Å². The molecule has 3 heterocycles. The molecule has 0 saturated heterocycles. The molecule has 1 aliphatic rings. The zero-order valence-corrected chi connectivity index (χ0v) is 18.3. The zero-order chi connectivity index (χ0) is 21.4. The number of carbonyl (C=O) groups is 1. The van der Waals surface area contributed by atoms with Gasteiger partial charge in [-0.25, -0.2) is 4.98 Å². The first-order valence-electron chi connectivity index (χ1n) is 10.2. The molecule has 1 amide bonds. The van der Waals surface area contributed by atoms with Crippen LogP contribution in [0, 0.1) is 0 Å². The Bertz CT molecular complexity index is 1260. The number of hydrogen-bond donors (Lipinski definition) is 0. The van der Waals surface area contributed by atoms with E-state index in [1.54, 1.807) is 25.6 Å². The minimum absolute atomic E-state index is 0.149. The van der Waals surface area contributed by atoms with Gasteiger partial charge in [-0.1, -0.05) is 24.3 Å². The summed E-state index contributed by atoms with van der Waals surface area (Å²) in [6.07, 6.45) is 3.26. The number of carbonyl (C=O) groups excluding carboxylic acids is 1. The number of nitrogens with zero attached hydrogens (tertiary/aromatic N) is 3. The van der Waals surface area contributed by atoms with Crippen LogP contribution in [0.5, 0.6) is 11.5 Å². The van der Waals surface area contributed by atoms with Crippen LogP contribution in [0.15, 0.2) is 54.0 Å². The van der Waals surface area contributed by atoms with Crippen LogP contribution < -0.4 is 9.47 Å². The van der Waals surface area contributed by atoms with Gasteiger partial charge in [-0.05, 0) is 35.7 Å². The minimum atomic E-state index is 0.149. The Morgan fingerprint density at radius 3 is 2.71 bits per heavy atom. The van der Waals surface area contributed by atoms with Crippen molar-refractivity contribution in [2.24, 2.45) is 0 Å². The molecule has 0 N–H and O–H groups in total. The maximum absolute atomic E-state index is 13.0. The molecule has 0 aliphatic carbocycles. The van der Waals surface area contributed by atoms with Crippen molar-refractivity contribution >= 4 is 22.2 Å². The Labute approximate surface area is 184 Å². The van der Waals surface area contributed by atoms with Gasteiger partial charge in [0, 0.05) is 35.9 Å². The Hall–Kier alpha value is -3.32. The van der Waals surface area contributed by atoms with Crippen LogP contribution in [0.4, 0.5) is 0 Å². The summed E-state index contributed by atoms with van der Waals surface area (Å²) >= 11 is 1.55. The maximum atomic E-state index is 13.0. The van der Waals surface area contributed by atoms with Gasteiger partial charge in [-0.3, -0.25) is 9.20 Å². The second kappa shape index (κ2) is 8.07. The molecular formula is C24H23N3O3S. The number of benzene rings is 2. The van der Waals surface area contributed by atoms with Gasteiger partial charge < -0.3 is 14.4 Å². The van der Waals surface area contributed by atoms with Crippen molar-refractivity contribution in [2.75, 3.05) is 20.8 Å². The van der Waals surface area contributed by atoms with E-state index >= 15 is 0 Å². The van der Waals surface area contributed by atoms with Crippen LogP contribution in [-0.2, 0) is 24.2 Å². The van der Waals surface area contributed by atoms with Gasteiger partial charge in [0.15, 0.2) is 16.5 Å². The van der Waals surface area contributed by atoms with Crippen molar-refractivity contribution in [1.29, 1.82) is 0 Å². The van der Waals surface area contributed by atoms with Gasteiger partial charge in [0.1, 0.15) is 0 Å². The van der Waals surface area contributed by atoms with E-state index in [-0.39, 0.29) is 5.91 Å². The van der Waals surface area contributed by atoms with Crippen molar-refractivity contribution in [2.45, 2.75) is 19.4 Å². The Balaban J connectivity index is 1.37. The molecule has 4 aromatic rings. The van der Waals surface area contributed by atoms with E-state index < -0.39 is 0 Å². The third-order valence-corrected chi connectivity index (χ3v) is 6.67. The summed E-state index contributed by atoms with van der Waals surface area (Å²) in [5, 5.41) is 2.02. The highest BCUT2D eigenvalue weighted by atomic mass is 32.1. The zero-order valence-electron chi connectivity index (χ0n) is 17.5. The standard InChI is InChI=1S/C24H23N3O3S/c1-29-21-8-7-17(11-22(21)30-2)20-14-27-19(15-31-24(27)25-20)12-23(28)26-10-9-16-5-3-4-6-18(16)13-26/h3-8,11,14-15H,9-10,12-13H2,1-2H3. The maximum Gasteiger partial charge on any atom is 0.228 e. The van der Waals surface area contributed by atoms with E-state index in [1.807, 2.05) is 45.1 Å². The average Bonchev–Trinajstić information content (AvgIpc) is 3.40. The number of rotatable bonds is 5. The normalized spacial score (nSPS) is 13.3. The molecule has 0 unspecified atom stereocenters. The molecule has 6 nitrogen and oxygen atoms in total. The fourth-order valence-electron chi connectivity index (χ4n) is 4.07. The molecule has 0 atom stereocenters. The molecule has 158 valence electrons. The highest BCUT2D eigenvalue weighted by molar-refractivity contribution is 7.15. The molecule has 0 fully saturated rings. The number of thiazole rings is 1. The van der Waals surface area contributed by atoms with Crippen molar-refractivity contribution in [1.82, 2.24) is 14.3 Å². The lowest BCUT2D eigenvalue weighted by Crippen LogP contribution is -2.37. The lowest BCUT2D eigenvalue weighted by molar-refractivity contribution is -0.131. The summed E-state index contributed by atoms with van der Waals surface area (Å²) in [7, 11) is 3.24. The van der Waals surface area contributed by atoms with Crippen LogP contribution >= 0.6 is 11.3 Å². The summed E-state index contributed by atoms with van der Waals surface area (Å²) in [5.74, 6) is 1.49. The fraction of sp³-hybridized carbons (Fsp3) is 0.250. The van der Waals surface area contributed by atoms with Gasteiger partial charge in [-0.2, -0.15) is 0 Å². The molecule has 0 radical (unpaired) electrons. The van der Waals surface area contributed by atoms with Crippen LogP contribution in [0.25, 0.3) is 16.2 Å². The van der Waals surface area contributed by atoms with Crippen molar-refractivity contribution in [3.63, 3.8) is 0 Å². The monoisotopic (exact) mass is 433 g/mol. The molecule has 31 heavy (non-hydrogen) atoms. The number of imidazole rings is 1. The number of ether oxygens (including phenoxy) is 2. The first-order valence-corrected chi connectivity index (χ1v) is 11.1. The minimum Gasteiger partial charge on any atom is -0.493 e. The SMILES string of the molecule is COc1ccc(-c2cn3c(CC(=O)N4CCc5ccccc5C4)csc3n2)cc1OC. The second-order valence-corrected chi connectivity index (χ2v) is 8.42. The van der Waals surface area contributed by atoms with E-state index in [2.05, 4.69) is 18.2 Å². The van der Waals surface area contributed by atoms with Gasteiger partial charge in [0.2, 0.25) is 5.91 Å². The summed E-state index contributed by atoms with van der Waals surface area (Å²) in [5.41, 5.74) is 5.34. The molecule has 5 rings (SSSR count). The predicted octanol–water partition coefficient (Wildman–Crippen LogP) is 4.21. The largest absolute Gasteiger partial charge is 0.493 e. The van der Waals surface area contributed by atoms with Gasteiger partial charge in [0.25, 0.3) is 0 Å². The van der Waals surface area contributed by atoms with Crippen LogP contribution in [-0.4, -0.2) is 41.0 Å². The van der Waals surface area contributed by atoms with E-state index in [0.29, 0.717) is 24.5 Å². The lowest BCUT2D eigenvalue weighted by Gasteiger charge is -2.28. The fourth-order valence-corrected chi connectivity index (χ4v) is 4.94. The number of amides is 1. The Kier molecular flexibility index (Phi) is 5.11. The molecule has 0 spiro atoms. The third kappa shape index (κ3) is 3.65. The Morgan fingerprint density at radius 1 is 1.10 bits per heavy atom. The van der Waals surface area contributed by atoms with Crippen LogP contribution in [0.3, 0.4) is 0 Å². The van der Waals surface area contributed by atoms with Gasteiger partial charge in [0.05, 0.1) is 26.3 Å². The van der Waals surface area contributed by atoms with E-state index in [0.717, 1.165) is 34.9 Å². The topological polar surface area (TPSA) is 56.1 Å². The molecule has 2 aromatic carbocycles. The summed E-state index contributed by atoms with van der Waals surface area (Å²) < 4.78 is 12.8. The quantitative estimate of drug-likeness (QED) is 0.473. The number of fused-ring (bicyclic) bond motifs is 2. The smallest absolute Gasteiger partial charge is 0.228 e.